The van der Waals surface area contributed by atoms with Crippen molar-refractivity contribution < 1.29 is 19.0 Å². The molecule has 1 aliphatic rings. The molecular formula is C29H35FN2O3. The summed E-state index contributed by atoms with van der Waals surface area (Å²) in [5.41, 5.74) is 5.81. The van der Waals surface area contributed by atoms with Crippen LogP contribution in [-0.4, -0.2) is 39.0 Å². The van der Waals surface area contributed by atoms with Crippen molar-refractivity contribution in [3.05, 3.63) is 82.7 Å². The van der Waals surface area contributed by atoms with Gasteiger partial charge in [-0.15, -0.1) is 0 Å². The number of benzene rings is 3. The molecule has 0 spiro atoms. The number of nitrogens with zero attached hydrogens (tertiary/aromatic N) is 1. The number of hydrogen-bond acceptors (Lipinski definition) is 5. The van der Waals surface area contributed by atoms with Crippen LogP contribution in [0.4, 0.5) is 10.1 Å². The molecule has 2 N–H and O–H groups in total. The average molecular weight is 479 g/mol. The average Bonchev–Trinajstić information content (AvgIpc) is 2.88. The molecule has 1 aliphatic carbocycles. The summed E-state index contributed by atoms with van der Waals surface area (Å²) in [5, 5.41) is 12.8. The van der Waals surface area contributed by atoms with E-state index in [1.54, 1.807) is 25.3 Å². The zero-order chi connectivity index (χ0) is 24.8. The summed E-state index contributed by atoms with van der Waals surface area (Å²) in [6.07, 6.45) is 2.88. The number of methoxy groups -OCH3 is 1. The van der Waals surface area contributed by atoms with Gasteiger partial charge in [-0.1, -0.05) is 18.2 Å². The van der Waals surface area contributed by atoms with Crippen molar-refractivity contribution >= 4 is 5.69 Å². The van der Waals surface area contributed by atoms with Crippen LogP contribution in [-0.2, 0) is 19.4 Å². The van der Waals surface area contributed by atoms with Crippen molar-refractivity contribution in [1.82, 2.24) is 5.32 Å². The second-order valence-electron chi connectivity index (χ2n) is 9.05. The van der Waals surface area contributed by atoms with Crippen molar-refractivity contribution in [2.75, 3.05) is 38.8 Å². The van der Waals surface area contributed by atoms with Gasteiger partial charge in [-0.3, -0.25) is 0 Å². The van der Waals surface area contributed by atoms with Crippen LogP contribution in [0, 0.1) is 5.82 Å². The summed E-state index contributed by atoms with van der Waals surface area (Å²) < 4.78 is 25.8. The maximum absolute atomic E-state index is 14.7. The second-order valence-corrected chi connectivity index (χ2v) is 9.05. The molecule has 0 saturated heterocycles. The molecule has 3 aromatic rings. The van der Waals surface area contributed by atoms with Gasteiger partial charge < -0.3 is 24.8 Å². The quantitative estimate of drug-likeness (QED) is 0.380. The summed E-state index contributed by atoms with van der Waals surface area (Å²) >= 11 is 0. The topological polar surface area (TPSA) is 54.0 Å². The Kier molecular flexibility index (Phi) is 8.13. The molecule has 0 unspecified atom stereocenters. The number of nitrogens with one attached hydrogen (secondary N) is 1. The number of fused-ring (bicyclic) bond motifs is 1. The molecule has 5 nitrogen and oxygen atoms in total. The first-order valence-corrected chi connectivity index (χ1v) is 12.3. The normalized spacial score (nSPS) is 14.9. The van der Waals surface area contributed by atoms with Crippen LogP contribution >= 0.6 is 0 Å². The van der Waals surface area contributed by atoms with Gasteiger partial charge in [0.1, 0.15) is 18.1 Å². The van der Waals surface area contributed by atoms with Gasteiger partial charge in [0.05, 0.1) is 7.11 Å². The molecule has 186 valence electrons. The third-order valence-electron chi connectivity index (χ3n) is 6.80. The third kappa shape index (κ3) is 5.88. The van der Waals surface area contributed by atoms with Crippen LogP contribution in [0.3, 0.4) is 0 Å². The van der Waals surface area contributed by atoms with Gasteiger partial charge in [0.15, 0.2) is 11.6 Å². The molecule has 35 heavy (non-hydrogen) atoms. The van der Waals surface area contributed by atoms with E-state index in [1.807, 2.05) is 31.3 Å². The van der Waals surface area contributed by atoms with Crippen molar-refractivity contribution in [3.63, 3.8) is 0 Å². The van der Waals surface area contributed by atoms with Crippen molar-refractivity contribution in [2.24, 2.45) is 0 Å². The molecule has 6 heteroatoms. The lowest BCUT2D eigenvalue weighted by molar-refractivity contribution is 0.302. The zero-order valence-corrected chi connectivity index (χ0v) is 20.8. The highest BCUT2D eigenvalue weighted by Gasteiger charge is 2.25. The molecule has 4 rings (SSSR count). The van der Waals surface area contributed by atoms with E-state index in [0.29, 0.717) is 31.4 Å². The highest BCUT2D eigenvalue weighted by molar-refractivity contribution is 5.60. The first-order chi connectivity index (χ1) is 17.0. The predicted molar refractivity (Wildman–Crippen MR) is 138 cm³/mol. The number of rotatable bonds is 10. The number of phenols is 1. The fraction of sp³-hybridized carbons (Fsp3) is 0.379. The van der Waals surface area contributed by atoms with Crippen LogP contribution in [0.1, 0.15) is 41.5 Å². The van der Waals surface area contributed by atoms with E-state index >= 15 is 0 Å². The Morgan fingerprint density at radius 2 is 1.94 bits per heavy atom. The molecule has 0 fully saturated rings. The van der Waals surface area contributed by atoms with Crippen LogP contribution in [0.25, 0.3) is 0 Å². The summed E-state index contributed by atoms with van der Waals surface area (Å²) in [5.74, 6) is 1.44. The van der Waals surface area contributed by atoms with Gasteiger partial charge in [0.25, 0.3) is 0 Å². The minimum atomic E-state index is -0.340. The number of hydrogen-bond donors (Lipinski definition) is 2. The number of aromatic hydroxyl groups is 1. The Balaban J connectivity index is 1.59. The van der Waals surface area contributed by atoms with E-state index < -0.39 is 0 Å². The maximum atomic E-state index is 14.7. The Bertz CT molecular complexity index is 1150. The summed E-state index contributed by atoms with van der Waals surface area (Å²) in [6, 6.07) is 17.2. The van der Waals surface area contributed by atoms with E-state index in [1.165, 1.54) is 16.7 Å². The maximum Gasteiger partial charge on any atom is 0.165 e. The van der Waals surface area contributed by atoms with Gasteiger partial charge in [-0.2, -0.15) is 0 Å². The first-order valence-electron chi connectivity index (χ1n) is 12.3. The van der Waals surface area contributed by atoms with Gasteiger partial charge in [0.2, 0.25) is 0 Å². The van der Waals surface area contributed by atoms with E-state index in [4.69, 9.17) is 9.47 Å². The number of ether oxygens (including phenoxy) is 2. The monoisotopic (exact) mass is 478 g/mol. The number of likely N-dealkylation sites (N-methyl/N-ethyl adjacent to an activating group) is 1. The number of anilines is 1. The Labute approximate surface area is 207 Å². The molecule has 0 aliphatic heterocycles. The smallest absolute Gasteiger partial charge is 0.165 e. The van der Waals surface area contributed by atoms with E-state index in [9.17, 15) is 9.50 Å². The lowest BCUT2D eigenvalue weighted by atomic mass is 9.79. The highest BCUT2D eigenvalue weighted by atomic mass is 19.1. The van der Waals surface area contributed by atoms with Crippen molar-refractivity contribution in [1.29, 1.82) is 0 Å². The standard InChI is InChI=1S/C29H35FN2O3/c1-4-32(19-20-5-12-29(27(30)15-20)35-14-13-31-2)28-18-25(34-3)10-11-26(28)23-7-6-22-17-24(33)9-8-21(22)16-23/h5,8-12,15,17-18,23,31,33H,4,6-7,13-14,16,19H2,1-3H3/t23-/m1/s1. The SMILES string of the molecule is CCN(Cc1ccc(OCCNC)c(F)c1)c1cc(OC)ccc1[C@@H]1CCc2cc(O)ccc2C1. The first kappa shape index (κ1) is 24.9. The van der Waals surface area contributed by atoms with Crippen LogP contribution in [0.2, 0.25) is 0 Å². The van der Waals surface area contributed by atoms with Gasteiger partial charge in [0, 0.05) is 31.4 Å². The van der Waals surface area contributed by atoms with Gasteiger partial charge in [-0.05, 0) is 91.7 Å². The third-order valence-corrected chi connectivity index (χ3v) is 6.80. The Hall–Kier alpha value is -3.25. The number of phenolic OH excluding ortho intramolecular Hbond substituents is 1. The van der Waals surface area contributed by atoms with Gasteiger partial charge >= 0.3 is 0 Å². The lowest BCUT2D eigenvalue weighted by Crippen LogP contribution is -2.25. The van der Waals surface area contributed by atoms with E-state index in [2.05, 4.69) is 29.3 Å². The number of aryl methyl sites for hydroxylation is 1. The molecule has 0 bridgehead atoms. The predicted octanol–water partition coefficient (Wildman–Crippen LogP) is 5.44. The highest BCUT2D eigenvalue weighted by Crippen LogP contribution is 2.40. The Morgan fingerprint density at radius 1 is 1.09 bits per heavy atom. The fourth-order valence-corrected chi connectivity index (χ4v) is 4.89. The largest absolute Gasteiger partial charge is 0.508 e. The van der Waals surface area contributed by atoms with Crippen LogP contribution in [0.15, 0.2) is 54.6 Å². The molecular weight excluding hydrogens is 443 g/mol. The van der Waals surface area contributed by atoms with Crippen molar-refractivity contribution in [2.45, 2.75) is 38.6 Å². The van der Waals surface area contributed by atoms with Crippen LogP contribution < -0.4 is 19.7 Å². The van der Waals surface area contributed by atoms with E-state index in [-0.39, 0.29) is 11.6 Å². The fourth-order valence-electron chi connectivity index (χ4n) is 4.89. The minimum Gasteiger partial charge on any atom is -0.508 e. The van der Waals surface area contributed by atoms with Crippen LogP contribution in [0.5, 0.6) is 17.2 Å². The molecule has 3 aromatic carbocycles. The Morgan fingerprint density at radius 3 is 2.69 bits per heavy atom. The second kappa shape index (κ2) is 11.5. The molecule has 0 aromatic heterocycles. The van der Waals surface area contributed by atoms with E-state index in [0.717, 1.165) is 42.8 Å². The van der Waals surface area contributed by atoms with Gasteiger partial charge in [-0.25, -0.2) is 4.39 Å². The molecule has 0 saturated carbocycles. The minimum absolute atomic E-state index is 0.279. The molecule has 1 atom stereocenters. The molecule has 0 heterocycles. The van der Waals surface area contributed by atoms with Crippen molar-refractivity contribution in [3.8, 4) is 17.2 Å². The zero-order valence-electron chi connectivity index (χ0n) is 20.8. The summed E-state index contributed by atoms with van der Waals surface area (Å²) in [6.45, 7) is 4.57. The summed E-state index contributed by atoms with van der Waals surface area (Å²) in [7, 11) is 3.52. The molecule has 0 radical (unpaired) electrons. The number of halogens is 1. The molecule has 0 amide bonds. The summed E-state index contributed by atoms with van der Waals surface area (Å²) in [4.78, 5) is 2.28. The lowest BCUT2D eigenvalue weighted by Gasteiger charge is -2.32.